The fourth-order valence-corrected chi connectivity index (χ4v) is 4.59. The van der Waals surface area contributed by atoms with Crippen LogP contribution in [0.4, 0.5) is 5.69 Å². The lowest BCUT2D eigenvalue weighted by Gasteiger charge is -2.22. The van der Waals surface area contributed by atoms with Crippen LogP contribution >= 0.6 is 0 Å². The van der Waals surface area contributed by atoms with Gasteiger partial charge in [-0.25, -0.2) is 0 Å². The standard InChI is InChI=1S/C32H33NO4/c1-22(2)19-29(28-14-8-10-24-9-6-7-13-27(24)28)32(36)33-30-20-23(15-16-25(30)17-18-31(34)35)21-37-26-11-4-3-5-12-26/h3-16,20,22,29H,17-19,21H2,1-2H3,(H,33,36)(H,34,35). The third kappa shape index (κ3) is 6.98. The van der Waals surface area contributed by atoms with Crippen LogP contribution in [0.1, 0.15) is 49.3 Å². The summed E-state index contributed by atoms with van der Waals surface area (Å²) in [7, 11) is 0. The van der Waals surface area contributed by atoms with Crippen molar-refractivity contribution in [3.8, 4) is 5.75 Å². The predicted molar refractivity (Wildman–Crippen MR) is 148 cm³/mol. The number of hydrogen-bond acceptors (Lipinski definition) is 3. The van der Waals surface area contributed by atoms with Gasteiger partial charge in [-0.2, -0.15) is 0 Å². The molecule has 1 atom stereocenters. The Morgan fingerprint density at radius 1 is 0.892 bits per heavy atom. The second kappa shape index (κ2) is 12.2. The first-order valence-corrected chi connectivity index (χ1v) is 12.7. The molecule has 4 rings (SSSR count). The summed E-state index contributed by atoms with van der Waals surface area (Å²) in [5.41, 5.74) is 3.32. The largest absolute Gasteiger partial charge is 0.489 e. The number of carbonyl (C=O) groups is 2. The minimum absolute atomic E-state index is 0.0124. The number of carboxylic acids is 1. The van der Waals surface area contributed by atoms with E-state index in [4.69, 9.17) is 4.74 Å². The fraction of sp³-hybridized carbons (Fsp3) is 0.250. The molecule has 2 N–H and O–H groups in total. The summed E-state index contributed by atoms with van der Waals surface area (Å²) in [6.45, 7) is 4.57. The maximum atomic E-state index is 13.8. The summed E-state index contributed by atoms with van der Waals surface area (Å²) < 4.78 is 5.90. The van der Waals surface area contributed by atoms with Gasteiger partial charge in [0.15, 0.2) is 0 Å². The zero-order valence-corrected chi connectivity index (χ0v) is 21.3. The van der Waals surface area contributed by atoms with E-state index in [1.54, 1.807) is 0 Å². The lowest BCUT2D eigenvalue weighted by molar-refractivity contribution is -0.137. The van der Waals surface area contributed by atoms with E-state index >= 15 is 0 Å². The number of nitrogens with one attached hydrogen (secondary N) is 1. The number of hydrogen-bond donors (Lipinski definition) is 2. The van der Waals surface area contributed by atoms with E-state index in [2.05, 4.69) is 37.4 Å². The van der Waals surface area contributed by atoms with Crippen LogP contribution < -0.4 is 10.1 Å². The van der Waals surface area contributed by atoms with E-state index in [-0.39, 0.29) is 18.2 Å². The quantitative estimate of drug-likeness (QED) is 0.231. The second-order valence-electron chi connectivity index (χ2n) is 9.73. The first-order valence-electron chi connectivity index (χ1n) is 12.7. The molecule has 1 unspecified atom stereocenters. The molecule has 0 fully saturated rings. The number of carbonyl (C=O) groups excluding carboxylic acids is 1. The molecule has 0 aliphatic rings. The molecule has 0 saturated carbocycles. The van der Waals surface area contributed by atoms with Gasteiger partial charge in [0, 0.05) is 12.1 Å². The van der Waals surface area contributed by atoms with Gasteiger partial charge in [-0.3, -0.25) is 9.59 Å². The van der Waals surface area contributed by atoms with Crippen molar-refractivity contribution >= 4 is 28.3 Å². The van der Waals surface area contributed by atoms with Gasteiger partial charge in [-0.1, -0.05) is 86.6 Å². The topological polar surface area (TPSA) is 75.6 Å². The highest BCUT2D eigenvalue weighted by Crippen LogP contribution is 2.32. The maximum absolute atomic E-state index is 13.8. The average molecular weight is 496 g/mol. The van der Waals surface area contributed by atoms with E-state index < -0.39 is 5.97 Å². The van der Waals surface area contributed by atoms with Crippen LogP contribution in [-0.2, 0) is 22.6 Å². The van der Waals surface area contributed by atoms with Gasteiger partial charge in [0.2, 0.25) is 5.91 Å². The lowest BCUT2D eigenvalue weighted by Crippen LogP contribution is -2.23. The number of para-hydroxylation sites is 1. The first kappa shape index (κ1) is 26.0. The van der Waals surface area contributed by atoms with E-state index in [1.807, 2.05) is 72.8 Å². The van der Waals surface area contributed by atoms with Crippen molar-refractivity contribution in [1.29, 1.82) is 0 Å². The highest BCUT2D eigenvalue weighted by Gasteiger charge is 2.24. The maximum Gasteiger partial charge on any atom is 0.303 e. The van der Waals surface area contributed by atoms with Crippen LogP contribution in [-0.4, -0.2) is 17.0 Å². The zero-order valence-electron chi connectivity index (χ0n) is 21.3. The number of ether oxygens (including phenoxy) is 1. The van der Waals surface area contributed by atoms with Gasteiger partial charge in [-0.15, -0.1) is 0 Å². The Morgan fingerprint density at radius 2 is 1.62 bits per heavy atom. The van der Waals surface area contributed by atoms with Crippen LogP contribution in [0.2, 0.25) is 0 Å². The Balaban J connectivity index is 1.63. The molecule has 0 aliphatic heterocycles. The number of aliphatic carboxylic acids is 1. The highest BCUT2D eigenvalue weighted by molar-refractivity contribution is 6.00. The Hall–Kier alpha value is -4.12. The summed E-state index contributed by atoms with van der Waals surface area (Å²) in [5, 5.41) is 14.6. The SMILES string of the molecule is CC(C)CC(C(=O)Nc1cc(COc2ccccc2)ccc1CCC(=O)O)c1cccc2ccccc12. The third-order valence-electron chi connectivity index (χ3n) is 6.41. The summed E-state index contributed by atoms with van der Waals surface area (Å²) in [5.74, 6) is -0.240. The van der Waals surface area contributed by atoms with Gasteiger partial charge in [-0.05, 0) is 64.4 Å². The lowest BCUT2D eigenvalue weighted by atomic mass is 9.86. The van der Waals surface area contributed by atoms with E-state index in [1.165, 1.54) is 0 Å². The van der Waals surface area contributed by atoms with Gasteiger partial charge in [0.25, 0.3) is 0 Å². The van der Waals surface area contributed by atoms with E-state index in [0.29, 0.717) is 31.1 Å². The molecular weight excluding hydrogens is 462 g/mol. The molecule has 5 nitrogen and oxygen atoms in total. The van der Waals surface area contributed by atoms with Gasteiger partial charge >= 0.3 is 5.97 Å². The Bertz CT molecular complexity index is 1360. The van der Waals surface area contributed by atoms with Crippen molar-refractivity contribution in [2.24, 2.45) is 5.92 Å². The third-order valence-corrected chi connectivity index (χ3v) is 6.41. The fourth-order valence-electron chi connectivity index (χ4n) is 4.59. The Kier molecular flexibility index (Phi) is 8.57. The Labute approximate surface area is 218 Å². The molecule has 190 valence electrons. The predicted octanol–water partition coefficient (Wildman–Crippen LogP) is 7.20. The highest BCUT2D eigenvalue weighted by atomic mass is 16.5. The Morgan fingerprint density at radius 3 is 2.38 bits per heavy atom. The van der Waals surface area contributed by atoms with Crippen molar-refractivity contribution in [2.45, 2.75) is 45.6 Å². The molecule has 0 aromatic heterocycles. The molecular formula is C32H33NO4. The number of fused-ring (bicyclic) bond motifs is 1. The summed E-state index contributed by atoms with van der Waals surface area (Å²) in [6, 6.07) is 29.5. The number of benzene rings is 4. The van der Waals surface area contributed by atoms with Gasteiger partial charge < -0.3 is 15.2 Å². The molecule has 0 heterocycles. The second-order valence-corrected chi connectivity index (χ2v) is 9.73. The van der Waals surface area contributed by atoms with E-state index in [0.717, 1.165) is 33.2 Å². The monoisotopic (exact) mass is 495 g/mol. The minimum Gasteiger partial charge on any atom is -0.489 e. The van der Waals surface area contributed by atoms with Crippen LogP contribution in [0.3, 0.4) is 0 Å². The molecule has 37 heavy (non-hydrogen) atoms. The molecule has 4 aromatic carbocycles. The van der Waals surface area contributed by atoms with Crippen molar-refractivity contribution in [1.82, 2.24) is 0 Å². The number of aryl methyl sites for hydroxylation is 1. The van der Waals surface area contributed by atoms with Crippen LogP contribution in [0.15, 0.2) is 91.0 Å². The van der Waals surface area contributed by atoms with Gasteiger partial charge in [0.05, 0.1) is 5.92 Å². The van der Waals surface area contributed by atoms with Crippen LogP contribution in [0, 0.1) is 5.92 Å². The van der Waals surface area contributed by atoms with Crippen molar-refractivity contribution < 1.29 is 19.4 Å². The molecule has 1 amide bonds. The number of rotatable bonds is 11. The molecule has 0 radical (unpaired) electrons. The molecule has 0 saturated heterocycles. The summed E-state index contributed by atoms with van der Waals surface area (Å²) in [4.78, 5) is 25.1. The van der Waals surface area contributed by atoms with Crippen LogP contribution in [0.5, 0.6) is 5.75 Å². The molecule has 5 heteroatoms. The van der Waals surface area contributed by atoms with Gasteiger partial charge in [0.1, 0.15) is 12.4 Å². The smallest absolute Gasteiger partial charge is 0.303 e. The van der Waals surface area contributed by atoms with Crippen molar-refractivity contribution in [3.05, 3.63) is 108 Å². The molecule has 0 bridgehead atoms. The first-order chi connectivity index (χ1) is 17.9. The minimum atomic E-state index is -0.873. The number of amides is 1. The average Bonchev–Trinajstić information content (AvgIpc) is 2.90. The molecule has 4 aromatic rings. The van der Waals surface area contributed by atoms with E-state index in [9.17, 15) is 14.7 Å². The summed E-state index contributed by atoms with van der Waals surface area (Å²) >= 11 is 0. The molecule has 0 aliphatic carbocycles. The summed E-state index contributed by atoms with van der Waals surface area (Å²) in [6.07, 6.45) is 1.01. The zero-order chi connectivity index (χ0) is 26.2. The van der Waals surface area contributed by atoms with Crippen LogP contribution in [0.25, 0.3) is 10.8 Å². The number of anilines is 1. The van der Waals surface area contributed by atoms with Crippen molar-refractivity contribution in [2.75, 3.05) is 5.32 Å². The number of carboxylic acid groups (broad SMARTS) is 1. The normalized spacial score (nSPS) is 11.9. The van der Waals surface area contributed by atoms with Crippen molar-refractivity contribution in [3.63, 3.8) is 0 Å². The molecule has 0 spiro atoms.